The van der Waals surface area contributed by atoms with Gasteiger partial charge in [-0.05, 0) is 50.1 Å². The van der Waals surface area contributed by atoms with Crippen molar-refractivity contribution in [2.75, 3.05) is 7.11 Å². The predicted octanol–water partition coefficient (Wildman–Crippen LogP) is 1.36. The molecule has 2 aromatic carbocycles. The van der Waals surface area contributed by atoms with Crippen molar-refractivity contribution in [2.45, 2.75) is 38.4 Å². The minimum Gasteiger partial charge on any atom is -0.740 e. The van der Waals surface area contributed by atoms with E-state index < -0.39 is 0 Å². The molecular weight excluding hydrogens is 423 g/mol. The predicted molar refractivity (Wildman–Crippen MR) is 118 cm³/mol. The fourth-order valence-corrected chi connectivity index (χ4v) is 4.00. The van der Waals surface area contributed by atoms with E-state index in [9.17, 15) is 10.2 Å². The quantitative estimate of drug-likeness (QED) is 0.356. The van der Waals surface area contributed by atoms with Crippen molar-refractivity contribution in [2.24, 2.45) is 0 Å². The van der Waals surface area contributed by atoms with Crippen LogP contribution in [0.15, 0.2) is 41.7 Å². The van der Waals surface area contributed by atoms with Gasteiger partial charge in [0.25, 0.3) is 0 Å². The summed E-state index contributed by atoms with van der Waals surface area (Å²) in [5, 5.41) is 30.1. The molecule has 0 saturated carbocycles. The van der Waals surface area contributed by atoms with Crippen LogP contribution in [0.5, 0.6) is 17.2 Å². The fourth-order valence-electron chi connectivity index (χ4n) is 3.77. The Labute approximate surface area is 208 Å². The Morgan fingerprint density at radius 1 is 1.10 bits per heavy atom. The Morgan fingerprint density at radius 2 is 1.84 bits per heavy atom. The van der Waals surface area contributed by atoms with Crippen molar-refractivity contribution in [1.82, 2.24) is 19.3 Å². The number of phenolic OH excluding ortho intramolecular Hbond substituents is 2. The van der Waals surface area contributed by atoms with Gasteiger partial charge in [0.2, 0.25) is 0 Å². The van der Waals surface area contributed by atoms with Crippen LogP contribution in [0.1, 0.15) is 32.4 Å². The van der Waals surface area contributed by atoms with Gasteiger partial charge < -0.3 is 32.1 Å². The van der Waals surface area contributed by atoms with E-state index in [0.717, 1.165) is 22.3 Å². The van der Waals surface area contributed by atoms with Gasteiger partial charge in [-0.2, -0.15) is 5.10 Å². The molecule has 0 spiro atoms. The molecule has 4 rings (SSSR count). The van der Waals surface area contributed by atoms with Crippen LogP contribution in [0.2, 0.25) is 0 Å². The number of aromatic hydroxyl groups is 2. The molecule has 4 aromatic rings. The van der Waals surface area contributed by atoms with Crippen LogP contribution in [0.3, 0.4) is 0 Å². The molecule has 0 aliphatic rings. The second kappa shape index (κ2) is 9.08. The van der Waals surface area contributed by atoms with Gasteiger partial charge in [0, 0.05) is 28.8 Å². The first kappa shape index (κ1) is 23.4. The molecular formula is C22H23N4NaO3S. The van der Waals surface area contributed by atoms with Crippen LogP contribution in [0.25, 0.3) is 28.0 Å². The van der Waals surface area contributed by atoms with E-state index in [1.807, 2.05) is 31.3 Å². The number of fused-ring (bicyclic) bond motifs is 1. The molecule has 0 radical (unpaired) electrons. The molecule has 31 heavy (non-hydrogen) atoms. The smallest absolute Gasteiger partial charge is 0.740 e. The summed E-state index contributed by atoms with van der Waals surface area (Å²) in [5.74, 6) is 1.13. The first-order chi connectivity index (χ1) is 14.4. The molecule has 2 N–H and O–H groups in total. The zero-order valence-electron chi connectivity index (χ0n) is 18.2. The number of phenols is 2. The van der Waals surface area contributed by atoms with E-state index in [1.165, 1.54) is 6.07 Å². The van der Waals surface area contributed by atoms with Crippen molar-refractivity contribution >= 4 is 23.5 Å². The normalized spacial score (nSPS) is 11.1. The molecule has 0 saturated heterocycles. The average molecular weight is 447 g/mol. The van der Waals surface area contributed by atoms with Gasteiger partial charge in [0.15, 0.2) is 5.82 Å². The van der Waals surface area contributed by atoms with Crippen LogP contribution in [-0.4, -0.2) is 36.7 Å². The van der Waals surface area contributed by atoms with E-state index in [0.29, 0.717) is 23.4 Å². The van der Waals surface area contributed by atoms with Crippen molar-refractivity contribution in [3.8, 4) is 34.3 Å². The van der Waals surface area contributed by atoms with Crippen molar-refractivity contribution < 1.29 is 44.5 Å². The minimum absolute atomic E-state index is 0. The topological polar surface area (TPSA) is 85.3 Å². The molecule has 0 bridgehead atoms. The van der Waals surface area contributed by atoms with E-state index >= 15 is 0 Å². The second-order valence-electron chi connectivity index (χ2n) is 7.36. The van der Waals surface area contributed by atoms with Crippen LogP contribution < -0.4 is 34.3 Å². The van der Waals surface area contributed by atoms with Gasteiger partial charge in [-0.25, -0.2) is 0 Å². The molecule has 2 heterocycles. The SMILES string of the molecule is CCc1cc(-c2nnc([S-])n2-c2ccc(OC)c3c2ccn3C(C)C)c(O)cc1O.[Na+]. The number of aromatic nitrogens is 4. The zero-order chi connectivity index (χ0) is 21.6. The maximum absolute atomic E-state index is 10.5. The molecule has 0 aliphatic heterocycles. The second-order valence-corrected chi connectivity index (χ2v) is 7.72. The first-order valence-corrected chi connectivity index (χ1v) is 10.1. The molecule has 0 aliphatic carbocycles. The summed E-state index contributed by atoms with van der Waals surface area (Å²) >= 11 is 5.49. The number of nitrogens with zero attached hydrogens (tertiary/aromatic N) is 4. The van der Waals surface area contributed by atoms with Crippen LogP contribution >= 0.6 is 0 Å². The largest absolute Gasteiger partial charge is 1.00 e. The van der Waals surface area contributed by atoms with Crippen molar-refractivity contribution in [1.29, 1.82) is 0 Å². The summed E-state index contributed by atoms with van der Waals surface area (Å²) < 4.78 is 9.48. The van der Waals surface area contributed by atoms with Gasteiger partial charge in [0.05, 0.1) is 23.9 Å². The summed E-state index contributed by atoms with van der Waals surface area (Å²) in [6.07, 6.45) is 2.62. The standard InChI is InChI=1S/C22H24N4O3S.Na/c1-5-13-10-15(18(28)11-17(13)27)21-23-24-22(30)26(21)16-6-7-19(29-4)20-14(16)8-9-25(20)12(2)3;/h6-12,27-28H,5H2,1-4H3,(H,24,30);/q;+1/p-1. The Bertz CT molecular complexity index is 1250. The van der Waals surface area contributed by atoms with Crippen molar-refractivity contribution in [3.05, 3.63) is 42.1 Å². The van der Waals surface area contributed by atoms with E-state index in [4.69, 9.17) is 17.4 Å². The summed E-state index contributed by atoms with van der Waals surface area (Å²) in [4.78, 5) is 0. The molecule has 0 unspecified atom stereocenters. The summed E-state index contributed by atoms with van der Waals surface area (Å²) in [6, 6.07) is 9.11. The van der Waals surface area contributed by atoms with Gasteiger partial charge in [-0.3, -0.25) is 4.57 Å². The summed E-state index contributed by atoms with van der Waals surface area (Å²) in [5.41, 5.74) is 2.90. The average Bonchev–Trinajstić information content (AvgIpc) is 3.32. The molecule has 2 aromatic heterocycles. The number of methoxy groups -OCH3 is 1. The summed E-state index contributed by atoms with van der Waals surface area (Å²) in [6.45, 7) is 6.14. The number of hydrogen-bond donors (Lipinski definition) is 2. The molecule has 0 fully saturated rings. The maximum atomic E-state index is 10.5. The molecule has 0 amide bonds. The third-order valence-electron chi connectivity index (χ3n) is 5.29. The zero-order valence-corrected chi connectivity index (χ0v) is 21.1. The monoisotopic (exact) mass is 446 g/mol. The molecule has 0 atom stereocenters. The Hall–Kier alpha value is -2.26. The Kier molecular flexibility index (Phi) is 6.85. The Morgan fingerprint density at radius 3 is 2.48 bits per heavy atom. The first-order valence-electron chi connectivity index (χ1n) is 9.72. The molecule has 9 heteroatoms. The maximum Gasteiger partial charge on any atom is 1.00 e. The number of rotatable bonds is 5. The number of benzene rings is 2. The van der Waals surface area contributed by atoms with E-state index in [-0.39, 0.29) is 52.3 Å². The summed E-state index contributed by atoms with van der Waals surface area (Å²) in [7, 11) is 1.65. The number of aryl methyl sites for hydroxylation is 1. The Balaban J connectivity index is 0.00000272. The van der Waals surface area contributed by atoms with E-state index in [2.05, 4.69) is 28.6 Å². The van der Waals surface area contributed by atoms with Gasteiger partial charge in [-0.1, -0.05) is 6.92 Å². The van der Waals surface area contributed by atoms with Gasteiger partial charge >= 0.3 is 29.6 Å². The van der Waals surface area contributed by atoms with E-state index in [1.54, 1.807) is 17.7 Å². The number of ether oxygens (including phenoxy) is 1. The fraction of sp³-hybridized carbons (Fsp3) is 0.273. The molecule has 7 nitrogen and oxygen atoms in total. The van der Waals surface area contributed by atoms with Crippen LogP contribution in [-0.2, 0) is 19.0 Å². The van der Waals surface area contributed by atoms with Gasteiger partial charge in [-0.15, -0.1) is 5.10 Å². The third kappa shape index (κ3) is 3.89. The van der Waals surface area contributed by atoms with Crippen LogP contribution in [0, 0.1) is 0 Å². The third-order valence-corrected chi connectivity index (χ3v) is 5.55. The number of hydrogen-bond acceptors (Lipinski definition) is 6. The van der Waals surface area contributed by atoms with Crippen molar-refractivity contribution in [3.63, 3.8) is 0 Å². The van der Waals surface area contributed by atoms with Gasteiger partial charge in [0.1, 0.15) is 17.2 Å². The minimum atomic E-state index is -0.0853. The molecule has 156 valence electrons. The van der Waals surface area contributed by atoms with Crippen LogP contribution in [0.4, 0.5) is 0 Å².